The Morgan fingerprint density at radius 1 is 0.200 bits per heavy atom. The van der Waals surface area contributed by atoms with Gasteiger partial charge in [-0.05, 0) is 101 Å². The molecule has 0 atom stereocenters. The van der Waals surface area contributed by atoms with E-state index in [1.54, 1.807) is 0 Å². The maximum atomic E-state index is 5.25. The molecule has 280 valence electrons. The standard InChI is InChI=1S/C57H37N3/c1-2-12-38(13-3-1)45-30-31-48-37-50(33-32-47(48)35-45)56-58-55(49-19-10-18-44(36-49)46-29-24-39-14-4-5-16-43(39)34-46)59-57(60-56)54-22-9-8-21-53(54)42-27-25-41(26-28-42)52-23-11-17-40-15-6-7-20-51(40)52/h1-37H. The van der Waals surface area contributed by atoms with Crippen molar-refractivity contribution in [2.75, 3.05) is 0 Å². The van der Waals surface area contributed by atoms with Gasteiger partial charge < -0.3 is 0 Å². The molecule has 0 saturated heterocycles. The predicted molar refractivity (Wildman–Crippen MR) is 250 cm³/mol. The number of fused-ring (bicyclic) bond motifs is 3. The van der Waals surface area contributed by atoms with Crippen LogP contribution in [-0.4, -0.2) is 15.0 Å². The van der Waals surface area contributed by atoms with E-state index >= 15 is 0 Å². The van der Waals surface area contributed by atoms with Gasteiger partial charge in [0.1, 0.15) is 0 Å². The van der Waals surface area contributed by atoms with Gasteiger partial charge >= 0.3 is 0 Å². The fraction of sp³-hybridized carbons (Fsp3) is 0. The van der Waals surface area contributed by atoms with Gasteiger partial charge in [0.2, 0.25) is 0 Å². The summed E-state index contributed by atoms with van der Waals surface area (Å²) in [6.45, 7) is 0. The highest BCUT2D eigenvalue weighted by atomic mass is 15.0. The third-order valence-corrected chi connectivity index (χ3v) is 11.5. The second kappa shape index (κ2) is 15.1. The van der Waals surface area contributed by atoms with Gasteiger partial charge in [-0.2, -0.15) is 0 Å². The van der Waals surface area contributed by atoms with E-state index in [-0.39, 0.29) is 0 Å². The van der Waals surface area contributed by atoms with E-state index in [1.807, 2.05) is 0 Å². The van der Waals surface area contributed by atoms with E-state index in [1.165, 1.54) is 43.8 Å². The van der Waals surface area contributed by atoms with Gasteiger partial charge in [-0.3, -0.25) is 0 Å². The van der Waals surface area contributed by atoms with Gasteiger partial charge in [0.15, 0.2) is 17.5 Å². The van der Waals surface area contributed by atoms with Gasteiger partial charge in [0, 0.05) is 16.7 Å². The van der Waals surface area contributed by atoms with Crippen molar-refractivity contribution in [1.29, 1.82) is 0 Å². The summed E-state index contributed by atoms with van der Waals surface area (Å²) in [6.07, 6.45) is 0. The topological polar surface area (TPSA) is 38.7 Å². The Bertz CT molecular complexity index is 3360. The zero-order valence-electron chi connectivity index (χ0n) is 32.7. The highest BCUT2D eigenvalue weighted by molar-refractivity contribution is 5.97. The van der Waals surface area contributed by atoms with E-state index in [9.17, 15) is 0 Å². The molecule has 60 heavy (non-hydrogen) atoms. The minimum absolute atomic E-state index is 0.623. The molecule has 1 aromatic heterocycles. The van der Waals surface area contributed by atoms with Crippen LogP contribution in [0.15, 0.2) is 224 Å². The molecule has 0 bridgehead atoms. The highest BCUT2D eigenvalue weighted by Gasteiger charge is 2.17. The molecule has 0 aliphatic heterocycles. The number of hydrogen-bond acceptors (Lipinski definition) is 3. The second-order valence-electron chi connectivity index (χ2n) is 15.2. The summed E-state index contributed by atoms with van der Waals surface area (Å²) >= 11 is 0. The van der Waals surface area contributed by atoms with Crippen LogP contribution in [0.5, 0.6) is 0 Å². The van der Waals surface area contributed by atoms with Gasteiger partial charge in [-0.1, -0.05) is 200 Å². The molecule has 0 amide bonds. The lowest BCUT2D eigenvalue weighted by atomic mass is 9.94. The Labute approximate surface area is 349 Å². The zero-order valence-corrected chi connectivity index (χ0v) is 32.7. The van der Waals surface area contributed by atoms with E-state index in [0.717, 1.165) is 49.7 Å². The first-order valence-corrected chi connectivity index (χ1v) is 20.3. The summed E-state index contributed by atoms with van der Waals surface area (Å²) in [5, 5.41) is 7.19. The smallest absolute Gasteiger partial charge is 0.164 e. The highest BCUT2D eigenvalue weighted by Crippen LogP contribution is 2.37. The van der Waals surface area contributed by atoms with Gasteiger partial charge in [0.05, 0.1) is 0 Å². The van der Waals surface area contributed by atoms with E-state index in [0.29, 0.717) is 17.5 Å². The molecule has 0 aliphatic carbocycles. The van der Waals surface area contributed by atoms with Crippen LogP contribution in [0.3, 0.4) is 0 Å². The Balaban J connectivity index is 1.03. The SMILES string of the molecule is c1ccc(-c2ccc3cc(-c4nc(-c5cccc(-c6ccc7ccccc7c6)c5)nc(-c5ccccc5-c5ccc(-c6cccc7ccccc67)cc5)n4)ccc3c2)cc1. The van der Waals surface area contributed by atoms with Gasteiger partial charge in [-0.15, -0.1) is 0 Å². The number of rotatable bonds is 7. The zero-order chi connectivity index (χ0) is 39.8. The molecule has 11 rings (SSSR count). The van der Waals surface area contributed by atoms with Crippen molar-refractivity contribution in [2.45, 2.75) is 0 Å². The quantitative estimate of drug-likeness (QED) is 0.162. The van der Waals surface area contributed by atoms with Crippen LogP contribution in [0.2, 0.25) is 0 Å². The lowest BCUT2D eigenvalue weighted by Crippen LogP contribution is -2.01. The van der Waals surface area contributed by atoms with E-state index < -0.39 is 0 Å². The van der Waals surface area contributed by atoms with Gasteiger partial charge in [-0.25, -0.2) is 15.0 Å². The fourth-order valence-electron chi connectivity index (χ4n) is 8.39. The lowest BCUT2D eigenvalue weighted by molar-refractivity contribution is 1.07. The molecular formula is C57H37N3. The molecule has 3 heteroatoms. The van der Waals surface area contributed by atoms with Crippen LogP contribution in [0.25, 0.3) is 111 Å². The molecule has 10 aromatic carbocycles. The third kappa shape index (κ3) is 6.68. The normalized spacial score (nSPS) is 11.3. The number of aromatic nitrogens is 3. The number of nitrogens with zero attached hydrogens (tertiary/aromatic N) is 3. The van der Waals surface area contributed by atoms with Crippen LogP contribution in [-0.2, 0) is 0 Å². The molecule has 0 aliphatic rings. The van der Waals surface area contributed by atoms with Crippen LogP contribution >= 0.6 is 0 Å². The van der Waals surface area contributed by atoms with Crippen molar-refractivity contribution in [3.63, 3.8) is 0 Å². The summed E-state index contributed by atoms with van der Waals surface area (Å²) in [4.78, 5) is 15.7. The summed E-state index contributed by atoms with van der Waals surface area (Å²) in [5.74, 6) is 1.87. The Morgan fingerprint density at radius 3 is 1.38 bits per heavy atom. The fourth-order valence-corrected chi connectivity index (χ4v) is 8.39. The van der Waals surface area contributed by atoms with Crippen LogP contribution in [0.4, 0.5) is 0 Å². The number of benzene rings is 10. The first kappa shape index (κ1) is 35.2. The Morgan fingerprint density at radius 2 is 0.617 bits per heavy atom. The van der Waals surface area contributed by atoms with Gasteiger partial charge in [0.25, 0.3) is 0 Å². The first-order valence-electron chi connectivity index (χ1n) is 20.3. The van der Waals surface area contributed by atoms with Crippen molar-refractivity contribution in [3.8, 4) is 78.7 Å². The average Bonchev–Trinajstić information content (AvgIpc) is 3.33. The summed E-state index contributed by atoms with van der Waals surface area (Å²) in [5.41, 5.74) is 12.0. The first-order chi connectivity index (χ1) is 29.7. The summed E-state index contributed by atoms with van der Waals surface area (Å²) in [6, 6.07) is 79.6. The monoisotopic (exact) mass is 763 g/mol. The lowest BCUT2D eigenvalue weighted by Gasteiger charge is -2.14. The minimum atomic E-state index is 0.623. The Kier molecular flexibility index (Phi) is 8.83. The molecule has 11 aromatic rings. The molecule has 0 fully saturated rings. The molecule has 1 heterocycles. The molecular weight excluding hydrogens is 727 g/mol. The van der Waals surface area contributed by atoms with E-state index in [2.05, 4.69) is 224 Å². The second-order valence-corrected chi connectivity index (χ2v) is 15.2. The molecule has 3 nitrogen and oxygen atoms in total. The molecule has 0 spiro atoms. The average molecular weight is 764 g/mol. The van der Waals surface area contributed by atoms with Crippen LogP contribution < -0.4 is 0 Å². The molecule has 0 saturated carbocycles. The summed E-state index contributed by atoms with van der Waals surface area (Å²) in [7, 11) is 0. The number of hydrogen-bond donors (Lipinski definition) is 0. The largest absolute Gasteiger partial charge is 0.208 e. The minimum Gasteiger partial charge on any atom is -0.208 e. The van der Waals surface area contributed by atoms with Crippen LogP contribution in [0.1, 0.15) is 0 Å². The predicted octanol–water partition coefficient (Wildman–Crippen LogP) is 15.0. The Hall–Kier alpha value is -8.01. The van der Waals surface area contributed by atoms with Crippen molar-refractivity contribution >= 4 is 32.3 Å². The molecule has 0 unspecified atom stereocenters. The van der Waals surface area contributed by atoms with Crippen LogP contribution in [0, 0.1) is 0 Å². The molecule has 0 radical (unpaired) electrons. The van der Waals surface area contributed by atoms with Crippen molar-refractivity contribution in [1.82, 2.24) is 15.0 Å². The van der Waals surface area contributed by atoms with Crippen molar-refractivity contribution < 1.29 is 0 Å². The molecule has 0 N–H and O–H groups in total. The maximum absolute atomic E-state index is 5.25. The van der Waals surface area contributed by atoms with E-state index in [4.69, 9.17) is 15.0 Å². The van der Waals surface area contributed by atoms with Crippen molar-refractivity contribution in [3.05, 3.63) is 224 Å². The third-order valence-electron chi connectivity index (χ3n) is 11.5. The van der Waals surface area contributed by atoms with Crippen molar-refractivity contribution in [2.24, 2.45) is 0 Å². The maximum Gasteiger partial charge on any atom is 0.164 e. The summed E-state index contributed by atoms with van der Waals surface area (Å²) < 4.78 is 0.